The predicted octanol–water partition coefficient (Wildman–Crippen LogP) is 2.57. The maximum Gasteiger partial charge on any atom is 0.336 e. The Bertz CT molecular complexity index is 520. The molecule has 0 radical (unpaired) electrons. The number of benzene rings is 1. The van der Waals surface area contributed by atoms with E-state index in [-0.39, 0.29) is 11.9 Å². The van der Waals surface area contributed by atoms with Crippen LogP contribution in [0.5, 0.6) is 0 Å². The van der Waals surface area contributed by atoms with E-state index in [0.29, 0.717) is 5.57 Å². The van der Waals surface area contributed by atoms with Crippen molar-refractivity contribution in [1.82, 2.24) is 5.43 Å². The molecule has 18 heavy (non-hydrogen) atoms. The number of carbonyl (C=O) groups excluding carboxylic acids is 1. The van der Waals surface area contributed by atoms with E-state index in [9.17, 15) is 4.79 Å². The Morgan fingerprint density at radius 3 is 2.67 bits per heavy atom. The maximum absolute atomic E-state index is 11.8. The molecule has 94 valence electrons. The summed E-state index contributed by atoms with van der Waals surface area (Å²) >= 11 is 3.39. The number of hydrogen-bond acceptors (Lipinski definition) is 4. The summed E-state index contributed by atoms with van der Waals surface area (Å²) in [4.78, 5) is 11.8. The minimum atomic E-state index is -0.334. The Morgan fingerprint density at radius 1 is 1.39 bits per heavy atom. The number of hydrazone groups is 1. The first kappa shape index (κ1) is 12.8. The zero-order valence-corrected chi connectivity index (χ0v) is 11.7. The summed E-state index contributed by atoms with van der Waals surface area (Å²) in [7, 11) is 1.38. The summed E-state index contributed by atoms with van der Waals surface area (Å²) in [6, 6.07) is 7.80. The number of allylic oxidation sites excluding steroid dienone is 1. The van der Waals surface area contributed by atoms with Gasteiger partial charge in [0.05, 0.1) is 18.6 Å². The smallest absolute Gasteiger partial charge is 0.336 e. The Morgan fingerprint density at radius 2 is 2.06 bits per heavy atom. The van der Waals surface area contributed by atoms with Gasteiger partial charge in [0.15, 0.2) is 0 Å². The van der Waals surface area contributed by atoms with Gasteiger partial charge >= 0.3 is 5.97 Å². The average molecular weight is 309 g/mol. The lowest BCUT2D eigenvalue weighted by Gasteiger charge is -2.21. The van der Waals surface area contributed by atoms with Gasteiger partial charge in [0, 0.05) is 16.4 Å². The van der Waals surface area contributed by atoms with Crippen molar-refractivity contribution in [2.24, 2.45) is 5.10 Å². The third kappa shape index (κ3) is 2.46. The van der Waals surface area contributed by atoms with Crippen LogP contribution in [0.2, 0.25) is 0 Å². The third-order valence-corrected chi connectivity index (χ3v) is 3.33. The number of rotatable bonds is 2. The molecule has 1 unspecified atom stereocenters. The van der Waals surface area contributed by atoms with E-state index < -0.39 is 0 Å². The molecule has 1 N–H and O–H groups in total. The summed E-state index contributed by atoms with van der Waals surface area (Å²) < 4.78 is 5.83. The zero-order chi connectivity index (χ0) is 13.1. The quantitative estimate of drug-likeness (QED) is 0.854. The molecular weight excluding hydrogens is 296 g/mol. The topological polar surface area (TPSA) is 50.7 Å². The van der Waals surface area contributed by atoms with Gasteiger partial charge in [0.25, 0.3) is 0 Å². The molecule has 1 heterocycles. The van der Waals surface area contributed by atoms with E-state index in [0.717, 1.165) is 15.7 Å². The number of nitrogens with one attached hydrogen (secondary N) is 1. The number of esters is 1. The summed E-state index contributed by atoms with van der Waals surface area (Å²) in [6.07, 6.45) is 1.71. The van der Waals surface area contributed by atoms with Crippen LogP contribution in [0.1, 0.15) is 18.4 Å². The van der Waals surface area contributed by atoms with Crippen LogP contribution in [-0.4, -0.2) is 19.3 Å². The molecule has 0 aromatic heterocycles. The second-order valence-corrected chi connectivity index (χ2v) is 4.87. The molecule has 4 nitrogen and oxygen atoms in total. The van der Waals surface area contributed by atoms with Gasteiger partial charge in [0.1, 0.15) is 0 Å². The molecule has 5 heteroatoms. The number of hydrogen-bond donors (Lipinski definition) is 1. The first-order valence-corrected chi connectivity index (χ1v) is 6.26. The average Bonchev–Trinajstić information content (AvgIpc) is 2.38. The minimum Gasteiger partial charge on any atom is -0.466 e. The van der Waals surface area contributed by atoms with Crippen LogP contribution in [0, 0.1) is 0 Å². The first-order valence-electron chi connectivity index (χ1n) is 5.47. The molecular formula is C13H13BrN2O2. The zero-order valence-electron chi connectivity index (χ0n) is 10.1. The largest absolute Gasteiger partial charge is 0.466 e. The van der Waals surface area contributed by atoms with Crippen molar-refractivity contribution in [2.45, 2.75) is 12.8 Å². The molecule has 1 aromatic rings. The molecule has 0 fully saturated rings. The molecule has 1 aliphatic heterocycles. The molecule has 1 aromatic carbocycles. The molecule has 2 rings (SSSR count). The highest BCUT2D eigenvalue weighted by atomic mass is 79.9. The van der Waals surface area contributed by atoms with E-state index in [1.165, 1.54) is 7.11 Å². The van der Waals surface area contributed by atoms with Crippen LogP contribution in [0.3, 0.4) is 0 Å². The summed E-state index contributed by atoms with van der Waals surface area (Å²) in [5.74, 6) is -0.508. The van der Waals surface area contributed by atoms with E-state index >= 15 is 0 Å². The number of carbonyl (C=O) groups is 1. The Balaban J connectivity index is 2.41. The fourth-order valence-electron chi connectivity index (χ4n) is 1.89. The van der Waals surface area contributed by atoms with E-state index in [1.54, 1.807) is 6.21 Å². The molecule has 0 spiro atoms. The van der Waals surface area contributed by atoms with Crippen molar-refractivity contribution < 1.29 is 9.53 Å². The fourth-order valence-corrected chi connectivity index (χ4v) is 2.15. The Hall–Kier alpha value is -1.62. The third-order valence-electron chi connectivity index (χ3n) is 2.81. The van der Waals surface area contributed by atoms with Gasteiger partial charge in [-0.2, -0.15) is 5.10 Å². The predicted molar refractivity (Wildman–Crippen MR) is 73.2 cm³/mol. The lowest BCUT2D eigenvalue weighted by Crippen LogP contribution is -2.24. The van der Waals surface area contributed by atoms with Gasteiger partial charge in [-0.05, 0) is 24.6 Å². The molecule has 0 saturated carbocycles. The number of nitrogens with zero attached hydrogens (tertiary/aromatic N) is 1. The highest BCUT2D eigenvalue weighted by Crippen LogP contribution is 2.28. The van der Waals surface area contributed by atoms with Gasteiger partial charge in [0.2, 0.25) is 0 Å². The van der Waals surface area contributed by atoms with E-state index in [1.807, 2.05) is 31.2 Å². The normalized spacial score (nSPS) is 18.5. The van der Waals surface area contributed by atoms with E-state index in [2.05, 4.69) is 26.5 Å². The number of halogens is 1. The molecule has 1 atom stereocenters. The molecule has 0 aliphatic carbocycles. The van der Waals surface area contributed by atoms with Crippen LogP contribution in [0.4, 0.5) is 0 Å². The number of ether oxygens (including phenoxy) is 1. The highest BCUT2D eigenvalue weighted by molar-refractivity contribution is 9.10. The summed E-state index contributed by atoms with van der Waals surface area (Å²) in [5, 5.41) is 4.05. The maximum atomic E-state index is 11.8. The van der Waals surface area contributed by atoms with Gasteiger partial charge < -0.3 is 4.74 Å². The monoisotopic (exact) mass is 308 g/mol. The van der Waals surface area contributed by atoms with Gasteiger partial charge in [-0.1, -0.05) is 28.1 Å². The van der Waals surface area contributed by atoms with Gasteiger partial charge in [-0.3, -0.25) is 5.43 Å². The van der Waals surface area contributed by atoms with Crippen molar-refractivity contribution in [3.05, 3.63) is 45.6 Å². The second kappa shape index (κ2) is 5.35. The standard InChI is InChI=1S/C13H13BrN2O2/c1-8-12(13(17)18-2)11(7-15-16-8)9-3-5-10(14)6-4-9/h3-7,11,16H,1-2H3. The fraction of sp³-hybridized carbons (Fsp3) is 0.231. The molecule has 0 bridgehead atoms. The van der Waals surface area contributed by atoms with Crippen LogP contribution in [0.15, 0.2) is 45.1 Å². The Labute approximate surface area is 114 Å². The van der Waals surface area contributed by atoms with E-state index in [4.69, 9.17) is 4.74 Å². The van der Waals surface area contributed by atoms with Crippen LogP contribution in [0.25, 0.3) is 0 Å². The van der Waals surface area contributed by atoms with Crippen molar-refractivity contribution in [2.75, 3.05) is 7.11 Å². The van der Waals surface area contributed by atoms with Crippen LogP contribution < -0.4 is 5.43 Å². The first-order chi connectivity index (χ1) is 8.63. The SMILES string of the molecule is COC(=O)C1=C(C)NN=CC1c1ccc(Br)cc1. The second-order valence-electron chi connectivity index (χ2n) is 3.95. The van der Waals surface area contributed by atoms with Crippen molar-refractivity contribution >= 4 is 28.1 Å². The van der Waals surface area contributed by atoms with Crippen LogP contribution in [-0.2, 0) is 9.53 Å². The van der Waals surface area contributed by atoms with Crippen molar-refractivity contribution in [1.29, 1.82) is 0 Å². The van der Waals surface area contributed by atoms with Gasteiger partial charge in [-0.15, -0.1) is 0 Å². The van der Waals surface area contributed by atoms with Crippen molar-refractivity contribution in [3.8, 4) is 0 Å². The molecule has 0 amide bonds. The molecule has 0 saturated heterocycles. The summed E-state index contributed by atoms with van der Waals surface area (Å²) in [6.45, 7) is 1.81. The van der Waals surface area contributed by atoms with Crippen LogP contribution >= 0.6 is 15.9 Å². The summed E-state index contributed by atoms with van der Waals surface area (Å²) in [5.41, 5.74) is 5.11. The van der Waals surface area contributed by atoms with Crippen molar-refractivity contribution in [3.63, 3.8) is 0 Å². The molecule has 1 aliphatic rings. The lowest BCUT2D eigenvalue weighted by atomic mass is 9.90. The highest BCUT2D eigenvalue weighted by Gasteiger charge is 2.26. The minimum absolute atomic E-state index is 0.174. The number of methoxy groups -OCH3 is 1. The lowest BCUT2D eigenvalue weighted by molar-refractivity contribution is -0.136. The Kier molecular flexibility index (Phi) is 3.81. The van der Waals surface area contributed by atoms with Gasteiger partial charge in [-0.25, -0.2) is 4.79 Å².